The van der Waals surface area contributed by atoms with Gasteiger partial charge < -0.3 is 14.1 Å². The van der Waals surface area contributed by atoms with Crippen molar-refractivity contribution in [2.24, 2.45) is 0 Å². The van der Waals surface area contributed by atoms with Gasteiger partial charge in [-0.3, -0.25) is 4.57 Å². The molecule has 6 heteroatoms. The van der Waals surface area contributed by atoms with Crippen LogP contribution in [0.5, 0.6) is 0 Å². The number of hydrogen-bond donors (Lipinski definition) is 2. The van der Waals surface area contributed by atoms with Crippen LogP contribution < -0.4 is 0 Å². The van der Waals surface area contributed by atoms with Crippen LogP contribution in [0.3, 0.4) is 0 Å². The van der Waals surface area contributed by atoms with E-state index in [0.29, 0.717) is 0 Å². The van der Waals surface area contributed by atoms with Gasteiger partial charge in [0.05, 0.1) is 0 Å². The molecule has 0 saturated heterocycles. The predicted molar refractivity (Wildman–Crippen MR) is 18.9 cm³/mol. The summed E-state index contributed by atoms with van der Waals surface area (Å²) in [6, 6.07) is 0. The Morgan fingerprint density at radius 1 is 1.67 bits per heavy atom. The maximum Gasteiger partial charge on any atom is 0.501 e. The Kier molecular flexibility index (Phi) is 1.77. The molecule has 0 aromatic heterocycles. The van der Waals surface area contributed by atoms with Crippen molar-refractivity contribution in [2.75, 3.05) is 0 Å². The fourth-order valence-corrected chi connectivity index (χ4v) is 0. The van der Waals surface area contributed by atoms with E-state index in [0.717, 1.165) is 0 Å². The molecular weight excluding hydrogens is 109 g/mol. The van der Waals surface area contributed by atoms with Crippen molar-refractivity contribution in [1.82, 2.24) is 0 Å². The highest BCUT2D eigenvalue weighted by Gasteiger charge is 2.14. The van der Waals surface area contributed by atoms with Crippen molar-refractivity contribution in [2.45, 2.75) is 0 Å². The Bertz CT molecular complexity index is 74.9. The molecule has 35 valence electrons. The summed E-state index contributed by atoms with van der Waals surface area (Å²) in [6.45, 7) is 0. The van der Waals surface area contributed by atoms with Gasteiger partial charge in [-0.25, -0.2) is 0 Å². The van der Waals surface area contributed by atoms with Gasteiger partial charge in [-0.05, 0) is 0 Å². The molecule has 0 unspecified atom stereocenters. The van der Waals surface area contributed by atoms with Gasteiger partial charge in [0.15, 0.2) is 0 Å². The zero-order valence-electron chi connectivity index (χ0n) is 2.71. The summed E-state index contributed by atoms with van der Waals surface area (Å²) >= 11 is 0. The number of hydrogen-bond acceptors (Lipinski definition) is 1. The molecule has 0 bridgehead atoms. The average molecular weight is 111 g/mol. The molecule has 3 nitrogen and oxygen atoms in total. The molecule has 2 N–H and O–H groups in total. The highest BCUT2D eigenvalue weighted by atomic mass is 31.2. The van der Waals surface area contributed by atoms with Crippen molar-refractivity contribution >= 4 is 14.8 Å². The monoisotopic (exact) mass is 111 g/mol. The lowest BCUT2D eigenvalue weighted by Gasteiger charge is -1.87. The topological polar surface area (TPSA) is 57.5 Å². The highest BCUT2D eigenvalue weighted by Crippen LogP contribution is 2.31. The van der Waals surface area contributed by atoms with Gasteiger partial charge in [-0.15, -0.1) is 0 Å². The van der Waals surface area contributed by atoms with E-state index in [1.807, 2.05) is 0 Å². The highest BCUT2D eigenvalue weighted by molar-refractivity contribution is 7.80. The van der Waals surface area contributed by atoms with Crippen LogP contribution >= 0.6 is 7.47 Å². The normalized spacial score (nSPS) is 11.2. The standard InChI is InChI=1S/BFH2O3P/c2-1-6(3,4)5/h(H2,3,4,5). The molecule has 0 saturated carbocycles. The predicted octanol–water partition coefficient (Wildman–Crippen LogP) is -0.332. The zero-order valence-corrected chi connectivity index (χ0v) is 3.60. The fraction of sp³-hybridized carbons (Fsp3) is 0. The molecule has 1 radical (unpaired) electrons. The Hall–Kier alpha value is 0.145. The summed E-state index contributed by atoms with van der Waals surface area (Å²) in [7, 11) is -5.08. The molecule has 0 aliphatic rings. The van der Waals surface area contributed by atoms with E-state index >= 15 is 0 Å². The second-order valence-electron chi connectivity index (χ2n) is 0.687. The van der Waals surface area contributed by atoms with Gasteiger partial charge in [0.2, 0.25) is 0 Å². The summed E-state index contributed by atoms with van der Waals surface area (Å²) in [5, 5.41) is 0. The minimum absolute atomic E-state index is 0.646. The summed E-state index contributed by atoms with van der Waals surface area (Å²) < 4.78 is 19.9. The van der Waals surface area contributed by atoms with Crippen molar-refractivity contribution in [3.8, 4) is 0 Å². The number of rotatable bonds is 1. The minimum atomic E-state index is -4.44. The van der Waals surface area contributed by atoms with Gasteiger partial charge >= 0.3 is 14.8 Å². The molecular formula is H2BFO3P. The lowest BCUT2D eigenvalue weighted by molar-refractivity contribution is 0.391. The summed E-state index contributed by atoms with van der Waals surface area (Å²) in [4.78, 5) is 15.0. The molecule has 0 rings (SSSR count). The average Bonchev–Trinajstić information content (AvgIpc) is 1.35. The van der Waals surface area contributed by atoms with Crippen LogP contribution in [0.15, 0.2) is 0 Å². The smallest absolute Gasteiger partial charge is 0.330 e. The largest absolute Gasteiger partial charge is 0.501 e. The van der Waals surface area contributed by atoms with E-state index in [2.05, 4.69) is 0 Å². The van der Waals surface area contributed by atoms with E-state index in [1.54, 1.807) is 0 Å². The molecule has 0 amide bonds. The van der Waals surface area contributed by atoms with Gasteiger partial charge in [0.25, 0.3) is 0 Å². The maximum absolute atomic E-state index is 10.6. The summed E-state index contributed by atoms with van der Waals surface area (Å²) in [5.41, 5.74) is 0. The third-order valence-corrected chi connectivity index (χ3v) is 0.381. The number of halogens is 1. The van der Waals surface area contributed by atoms with Gasteiger partial charge in [-0.1, -0.05) is 0 Å². The van der Waals surface area contributed by atoms with E-state index in [4.69, 9.17) is 9.79 Å². The quantitative estimate of drug-likeness (QED) is 0.359. The molecule has 0 atom stereocenters. The van der Waals surface area contributed by atoms with Crippen LogP contribution in [0.2, 0.25) is 0 Å². The lowest BCUT2D eigenvalue weighted by Crippen LogP contribution is -1.80. The van der Waals surface area contributed by atoms with Crippen LogP contribution in [-0.2, 0) is 4.57 Å². The second-order valence-corrected chi connectivity index (χ2v) is 2.06. The van der Waals surface area contributed by atoms with Crippen molar-refractivity contribution in [3.05, 3.63) is 0 Å². The van der Waals surface area contributed by atoms with Crippen LogP contribution in [-0.4, -0.2) is 17.1 Å². The molecule has 0 fully saturated rings. The van der Waals surface area contributed by atoms with Crippen molar-refractivity contribution in [3.63, 3.8) is 0 Å². The zero-order chi connectivity index (χ0) is 5.21. The third kappa shape index (κ3) is 4.14. The van der Waals surface area contributed by atoms with Crippen LogP contribution in [0.25, 0.3) is 0 Å². The molecule has 6 heavy (non-hydrogen) atoms. The molecule has 0 aromatic carbocycles. The molecule has 0 aliphatic heterocycles. The first kappa shape index (κ1) is 6.14. The van der Waals surface area contributed by atoms with Crippen LogP contribution in [0, 0.1) is 0 Å². The first-order valence-corrected chi connectivity index (χ1v) is 2.74. The van der Waals surface area contributed by atoms with Crippen molar-refractivity contribution in [1.29, 1.82) is 0 Å². The van der Waals surface area contributed by atoms with E-state index < -0.39 is 14.8 Å². The first-order valence-electron chi connectivity index (χ1n) is 1.06. The lowest BCUT2D eigenvalue weighted by atomic mass is 10.6. The fourth-order valence-electron chi connectivity index (χ4n) is 0. The Labute approximate surface area is 34.6 Å². The molecule has 0 heterocycles. The van der Waals surface area contributed by atoms with E-state index in [1.165, 1.54) is 0 Å². The molecule has 0 spiro atoms. The van der Waals surface area contributed by atoms with Gasteiger partial charge in [-0.2, -0.15) is 0 Å². The minimum Gasteiger partial charge on any atom is -0.330 e. The van der Waals surface area contributed by atoms with Gasteiger partial charge in [0.1, 0.15) is 0 Å². The Balaban J connectivity index is 3.48. The van der Waals surface area contributed by atoms with E-state index in [9.17, 15) is 8.88 Å². The third-order valence-electron chi connectivity index (χ3n) is 0.127. The Morgan fingerprint density at radius 3 is 1.83 bits per heavy atom. The van der Waals surface area contributed by atoms with Crippen LogP contribution in [0.4, 0.5) is 4.32 Å². The van der Waals surface area contributed by atoms with Crippen molar-refractivity contribution < 1.29 is 18.7 Å². The van der Waals surface area contributed by atoms with Gasteiger partial charge in [0, 0.05) is 0 Å². The second kappa shape index (κ2) is 1.73. The first-order chi connectivity index (χ1) is 2.56. The molecule has 0 aliphatic carbocycles. The van der Waals surface area contributed by atoms with Crippen LogP contribution in [0.1, 0.15) is 0 Å². The summed E-state index contributed by atoms with van der Waals surface area (Å²) in [6.07, 6.45) is 0. The molecule has 0 aromatic rings. The SMILES string of the molecule is O=P(O)(O)[B]F. The van der Waals surface area contributed by atoms with E-state index in [-0.39, 0.29) is 0 Å². The summed E-state index contributed by atoms with van der Waals surface area (Å²) in [5.74, 6) is 0. The maximum atomic E-state index is 10.6. The Morgan fingerprint density at radius 2 is 1.83 bits per heavy atom.